The predicted molar refractivity (Wildman–Crippen MR) is 53.3 cm³/mol. The summed E-state index contributed by atoms with van der Waals surface area (Å²) >= 11 is 0. The van der Waals surface area contributed by atoms with Crippen molar-refractivity contribution in [1.29, 1.82) is 0 Å². The highest BCUT2D eigenvalue weighted by Crippen LogP contribution is 2.14. The van der Waals surface area contributed by atoms with Gasteiger partial charge in [-0.25, -0.2) is 0 Å². The number of aliphatic hydroxyl groups excluding tert-OH is 1. The molecule has 0 aliphatic heterocycles. The van der Waals surface area contributed by atoms with E-state index in [1.807, 2.05) is 6.92 Å². The van der Waals surface area contributed by atoms with E-state index in [0.717, 1.165) is 6.42 Å². The number of rotatable bonds is 6. The molecule has 1 atom stereocenters. The second kappa shape index (κ2) is 6.89. The molecular formula is C10H21NO2. The number of carbonyl (C=O) groups excluding carboxylic acids is 1. The molecule has 0 bridgehead atoms. The Bertz CT molecular complexity index is 146. The summed E-state index contributed by atoms with van der Waals surface area (Å²) in [5.41, 5.74) is 0. The van der Waals surface area contributed by atoms with E-state index in [1.165, 1.54) is 0 Å². The molecule has 0 heterocycles. The zero-order valence-corrected chi connectivity index (χ0v) is 8.84. The van der Waals surface area contributed by atoms with Crippen LogP contribution in [0.5, 0.6) is 0 Å². The number of hydrogen-bond donors (Lipinski definition) is 2. The summed E-state index contributed by atoms with van der Waals surface area (Å²) in [6, 6.07) is 0. The first-order chi connectivity index (χ1) is 6.13. The van der Waals surface area contributed by atoms with Crippen LogP contribution in [0.25, 0.3) is 0 Å². The Kier molecular flexibility index (Phi) is 6.59. The van der Waals surface area contributed by atoms with Crippen LogP contribution in [0.15, 0.2) is 0 Å². The standard InChI is InChI=1S/C10H21NO2/c1-4-9(8(2)3)10(13)11-6-5-7-12/h8-9,12H,4-7H2,1-3H3,(H,11,13). The minimum absolute atomic E-state index is 0.110. The number of amides is 1. The summed E-state index contributed by atoms with van der Waals surface area (Å²) < 4.78 is 0. The molecule has 0 saturated carbocycles. The quantitative estimate of drug-likeness (QED) is 0.613. The van der Waals surface area contributed by atoms with Gasteiger partial charge in [-0.1, -0.05) is 20.8 Å². The topological polar surface area (TPSA) is 49.3 Å². The number of nitrogens with one attached hydrogen (secondary N) is 1. The molecule has 3 heteroatoms. The van der Waals surface area contributed by atoms with E-state index in [0.29, 0.717) is 18.9 Å². The average Bonchev–Trinajstić information content (AvgIpc) is 2.05. The summed E-state index contributed by atoms with van der Waals surface area (Å²) in [6.45, 7) is 6.85. The van der Waals surface area contributed by atoms with Gasteiger partial charge in [-0.05, 0) is 18.8 Å². The second-order valence-electron chi connectivity index (χ2n) is 3.63. The maximum atomic E-state index is 11.5. The molecule has 0 aromatic carbocycles. The third kappa shape index (κ3) is 4.88. The van der Waals surface area contributed by atoms with Crippen molar-refractivity contribution in [3.63, 3.8) is 0 Å². The molecule has 78 valence electrons. The molecule has 0 radical (unpaired) electrons. The van der Waals surface area contributed by atoms with Gasteiger partial charge >= 0.3 is 0 Å². The van der Waals surface area contributed by atoms with Crippen LogP contribution in [0.3, 0.4) is 0 Å². The van der Waals surface area contributed by atoms with Crippen LogP contribution in [-0.4, -0.2) is 24.2 Å². The van der Waals surface area contributed by atoms with E-state index < -0.39 is 0 Å². The molecule has 1 amide bonds. The molecule has 0 aromatic heterocycles. The largest absolute Gasteiger partial charge is 0.396 e. The monoisotopic (exact) mass is 187 g/mol. The van der Waals surface area contributed by atoms with Crippen LogP contribution in [0.2, 0.25) is 0 Å². The van der Waals surface area contributed by atoms with E-state index in [1.54, 1.807) is 0 Å². The maximum absolute atomic E-state index is 11.5. The van der Waals surface area contributed by atoms with Crippen molar-refractivity contribution >= 4 is 5.91 Å². The Labute approximate surface area is 80.5 Å². The molecule has 0 aliphatic rings. The van der Waals surface area contributed by atoms with Gasteiger partial charge in [-0.2, -0.15) is 0 Å². The SMILES string of the molecule is CCC(C(=O)NCCCO)C(C)C. The molecule has 0 aromatic rings. The fraction of sp³-hybridized carbons (Fsp3) is 0.900. The smallest absolute Gasteiger partial charge is 0.223 e. The summed E-state index contributed by atoms with van der Waals surface area (Å²) in [6.07, 6.45) is 1.52. The lowest BCUT2D eigenvalue weighted by Gasteiger charge is -2.18. The summed E-state index contributed by atoms with van der Waals surface area (Å²) in [4.78, 5) is 11.5. The fourth-order valence-electron chi connectivity index (χ4n) is 1.38. The first-order valence-corrected chi connectivity index (χ1v) is 5.02. The average molecular weight is 187 g/mol. The number of carbonyl (C=O) groups is 1. The highest BCUT2D eigenvalue weighted by Gasteiger charge is 2.18. The van der Waals surface area contributed by atoms with Crippen molar-refractivity contribution in [1.82, 2.24) is 5.32 Å². The molecule has 0 rings (SSSR count). The Morgan fingerprint density at radius 1 is 1.46 bits per heavy atom. The second-order valence-corrected chi connectivity index (χ2v) is 3.63. The molecule has 0 fully saturated rings. The molecule has 0 aliphatic carbocycles. The first-order valence-electron chi connectivity index (χ1n) is 5.02. The van der Waals surface area contributed by atoms with E-state index in [2.05, 4.69) is 19.2 Å². The van der Waals surface area contributed by atoms with E-state index in [9.17, 15) is 4.79 Å². The predicted octanol–water partition coefficient (Wildman–Crippen LogP) is 1.17. The van der Waals surface area contributed by atoms with Crippen molar-refractivity contribution in [2.75, 3.05) is 13.2 Å². The summed E-state index contributed by atoms with van der Waals surface area (Å²) in [5, 5.41) is 11.3. The van der Waals surface area contributed by atoms with Crippen LogP contribution in [0, 0.1) is 11.8 Å². The van der Waals surface area contributed by atoms with Crippen molar-refractivity contribution in [3.05, 3.63) is 0 Å². The minimum atomic E-state index is 0.110. The maximum Gasteiger partial charge on any atom is 0.223 e. The van der Waals surface area contributed by atoms with Crippen LogP contribution in [0.1, 0.15) is 33.6 Å². The van der Waals surface area contributed by atoms with Crippen LogP contribution < -0.4 is 5.32 Å². The zero-order valence-electron chi connectivity index (χ0n) is 8.84. The Hall–Kier alpha value is -0.570. The molecule has 2 N–H and O–H groups in total. The van der Waals surface area contributed by atoms with Crippen LogP contribution in [-0.2, 0) is 4.79 Å². The molecule has 0 saturated heterocycles. The van der Waals surface area contributed by atoms with Crippen molar-refractivity contribution in [3.8, 4) is 0 Å². The van der Waals surface area contributed by atoms with Crippen molar-refractivity contribution in [2.45, 2.75) is 33.6 Å². The summed E-state index contributed by atoms with van der Waals surface area (Å²) in [7, 11) is 0. The van der Waals surface area contributed by atoms with E-state index >= 15 is 0 Å². The lowest BCUT2D eigenvalue weighted by Crippen LogP contribution is -2.34. The molecule has 1 unspecified atom stereocenters. The summed E-state index contributed by atoms with van der Waals surface area (Å²) in [5.74, 6) is 0.615. The highest BCUT2D eigenvalue weighted by atomic mass is 16.3. The van der Waals surface area contributed by atoms with Gasteiger partial charge in [0.1, 0.15) is 0 Å². The Morgan fingerprint density at radius 2 is 2.08 bits per heavy atom. The van der Waals surface area contributed by atoms with Gasteiger partial charge in [0.2, 0.25) is 5.91 Å². The van der Waals surface area contributed by atoms with Gasteiger partial charge in [0.25, 0.3) is 0 Å². The normalized spacial score (nSPS) is 13.0. The molecule has 0 spiro atoms. The molecule has 3 nitrogen and oxygen atoms in total. The lowest BCUT2D eigenvalue weighted by atomic mass is 9.92. The van der Waals surface area contributed by atoms with Crippen molar-refractivity contribution in [2.24, 2.45) is 11.8 Å². The lowest BCUT2D eigenvalue weighted by molar-refractivity contribution is -0.126. The van der Waals surface area contributed by atoms with Gasteiger partial charge in [-0.3, -0.25) is 4.79 Å². The van der Waals surface area contributed by atoms with Crippen LogP contribution >= 0.6 is 0 Å². The van der Waals surface area contributed by atoms with Gasteiger partial charge in [-0.15, -0.1) is 0 Å². The van der Waals surface area contributed by atoms with E-state index in [4.69, 9.17) is 5.11 Å². The van der Waals surface area contributed by atoms with Gasteiger partial charge in [0.15, 0.2) is 0 Å². The number of hydrogen-bond acceptors (Lipinski definition) is 2. The van der Waals surface area contributed by atoms with Gasteiger partial charge in [0, 0.05) is 19.1 Å². The van der Waals surface area contributed by atoms with E-state index in [-0.39, 0.29) is 18.4 Å². The molecule has 13 heavy (non-hydrogen) atoms. The molecular weight excluding hydrogens is 166 g/mol. The Morgan fingerprint density at radius 3 is 2.46 bits per heavy atom. The van der Waals surface area contributed by atoms with Gasteiger partial charge in [0.05, 0.1) is 0 Å². The number of aliphatic hydroxyl groups is 1. The van der Waals surface area contributed by atoms with Crippen LogP contribution in [0.4, 0.5) is 0 Å². The van der Waals surface area contributed by atoms with Crippen molar-refractivity contribution < 1.29 is 9.90 Å². The minimum Gasteiger partial charge on any atom is -0.396 e. The fourth-order valence-corrected chi connectivity index (χ4v) is 1.38. The Balaban J connectivity index is 3.78. The van der Waals surface area contributed by atoms with Gasteiger partial charge < -0.3 is 10.4 Å². The first kappa shape index (κ1) is 12.4. The zero-order chi connectivity index (χ0) is 10.3. The third-order valence-electron chi connectivity index (χ3n) is 2.22. The highest BCUT2D eigenvalue weighted by molar-refractivity contribution is 5.78. The third-order valence-corrected chi connectivity index (χ3v) is 2.22.